The number of aromatic nitrogens is 2. The predicted octanol–water partition coefficient (Wildman–Crippen LogP) is 3.64. The maximum atomic E-state index is 13.6. The number of aliphatic hydroxyl groups is 1. The summed E-state index contributed by atoms with van der Waals surface area (Å²) in [6.45, 7) is 4.29. The van der Waals surface area contributed by atoms with Gasteiger partial charge in [0.2, 0.25) is 5.88 Å². The van der Waals surface area contributed by atoms with Crippen molar-refractivity contribution in [2.75, 3.05) is 26.7 Å². The van der Waals surface area contributed by atoms with Gasteiger partial charge in [-0.15, -0.1) is 0 Å². The molecule has 1 aliphatic heterocycles. The summed E-state index contributed by atoms with van der Waals surface area (Å²) < 4.78 is 6.30. The van der Waals surface area contributed by atoms with Crippen molar-refractivity contribution in [2.24, 2.45) is 5.92 Å². The molecule has 1 N–H and O–H groups in total. The van der Waals surface area contributed by atoms with Crippen LogP contribution in [0.2, 0.25) is 0 Å². The van der Waals surface area contributed by atoms with Crippen LogP contribution in [-0.4, -0.2) is 75.6 Å². The molecule has 3 aromatic rings. The van der Waals surface area contributed by atoms with E-state index in [2.05, 4.69) is 9.97 Å². The first-order chi connectivity index (χ1) is 17.9. The number of fused-ring (bicyclic) bond motifs is 1. The fraction of sp³-hybridized carbons (Fsp3) is 0.310. The third kappa shape index (κ3) is 6.21. The Balaban J connectivity index is 1.64. The zero-order valence-corrected chi connectivity index (χ0v) is 21.3. The number of benzene rings is 1. The van der Waals surface area contributed by atoms with Gasteiger partial charge in [0.05, 0.1) is 19.2 Å². The monoisotopic (exact) mass is 500 g/mol. The highest BCUT2D eigenvalue weighted by atomic mass is 16.5. The second-order valence-corrected chi connectivity index (χ2v) is 9.41. The van der Waals surface area contributed by atoms with Crippen LogP contribution in [0.25, 0.3) is 12.2 Å². The Morgan fingerprint density at radius 2 is 1.89 bits per heavy atom. The minimum atomic E-state index is -0.422. The smallest absolute Gasteiger partial charge is 0.259 e. The maximum Gasteiger partial charge on any atom is 0.259 e. The van der Waals surface area contributed by atoms with E-state index in [1.807, 2.05) is 56.3 Å². The van der Waals surface area contributed by atoms with Crippen LogP contribution >= 0.6 is 0 Å². The van der Waals surface area contributed by atoms with E-state index >= 15 is 0 Å². The molecule has 8 heteroatoms. The van der Waals surface area contributed by atoms with Gasteiger partial charge in [0.1, 0.15) is 11.7 Å². The average Bonchev–Trinajstić information content (AvgIpc) is 2.94. The molecular weight excluding hydrogens is 468 g/mol. The number of pyridine rings is 2. The van der Waals surface area contributed by atoms with E-state index in [4.69, 9.17) is 4.74 Å². The van der Waals surface area contributed by atoms with Gasteiger partial charge in [0.25, 0.3) is 11.8 Å². The average molecular weight is 501 g/mol. The minimum Gasteiger partial charge on any atom is -0.472 e. The molecule has 37 heavy (non-hydrogen) atoms. The Labute approximate surface area is 217 Å². The summed E-state index contributed by atoms with van der Waals surface area (Å²) >= 11 is 0. The number of ether oxygens (including phenoxy) is 1. The van der Waals surface area contributed by atoms with Gasteiger partial charge in [-0.25, -0.2) is 4.98 Å². The van der Waals surface area contributed by atoms with Gasteiger partial charge in [-0.1, -0.05) is 49.4 Å². The normalized spacial score (nSPS) is 18.5. The largest absolute Gasteiger partial charge is 0.472 e. The van der Waals surface area contributed by atoms with Crippen molar-refractivity contribution < 1.29 is 19.4 Å². The number of hydrogen-bond acceptors (Lipinski definition) is 6. The molecule has 0 saturated carbocycles. The van der Waals surface area contributed by atoms with Gasteiger partial charge in [-0.05, 0) is 36.2 Å². The topological polar surface area (TPSA) is 95.9 Å². The van der Waals surface area contributed by atoms with E-state index in [1.165, 1.54) is 0 Å². The van der Waals surface area contributed by atoms with Crippen LogP contribution in [0, 0.1) is 5.92 Å². The van der Waals surface area contributed by atoms with Crippen molar-refractivity contribution in [3.8, 4) is 5.88 Å². The Kier molecular flexibility index (Phi) is 8.30. The molecule has 0 aliphatic carbocycles. The van der Waals surface area contributed by atoms with Gasteiger partial charge < -0.3 is 19.6 Å². The van der Waals surface area contributed by atoms with Crippen LogP contribution in [0.3, 0.4) is 0 Å². The quantitative estimate of drug-likeness (QED) is 0.532. The SMILES string of the molecule is C[C@H](CO)N1C[C@H](C)[C@@H](CN(C)C(=O)c2ccncc2)Oc2ncc(/C=C/c3ccccc3)cc2C1=O. The molecule has 192 valence electrons. The molecule has 3 atom stereocenters. The number of carbonyl (C=O) groups is 2. The molecule has 3 heterocycles. The van der Waals surface area contributed by atoms with Gasteiger partial charge >= 0.3 is 0 Å². The summed E-state index contributed by atoms with van der Waals surface area (Å²) in [7, 11) is 1.72. The Hall–Kier alpha value is -4.04. The van der Waals surface area contributed by atoms with Gasteiger partial charge in [-0.3, -0.25) is 14.6 Å². The van der Waals surface area contributed by atoms with E-state index in [0.29, 0.717) is 24.2 Å². The second kappa shape index (κ2) is 11.8. The molecule has 0 unspecified atom stereocenters. The number of likely N-dealkylation sites (N-methyl/N-ethyl adjacent to an activating group) is 1. The summed E-state index contributed by atoms with van der Waals surface area (Å²) in [6, 6.07) is 14.6. The Bertz CT molecular complexity index is 1250. The van der Waals surface area contributed by atoms with Gasteiger partial charge in [-0.2, -0.15) is 0 Å². The van der Waals surface area contributed by atoms with Crippen molar-refractivity contribution in [1.29, 1.82) is 0 Å². The Morgan fingerprint density at radius 3 is 2.59 bits per heavy atom. The molecule has 0 spiro atoms. The van der Waals surface area contributed by atoms with Crippen molar-refractivity contribution in [2.45, 2.75) is 26.0 Å². The number of rotatable bonds is 7. The molecule has 4 rings (SSSR count). The van der Waals surface area contributed by atoms with Gasteiger partial charge in [0.15, 0.2) is 0 Å². The lowest BCUT2D eigenvalue weighted by Gasteiger charge is -2.37. The summed E-state index contributed by atoms with van der Waals surface area (Å²) in [5.74, 6) is -0.298. The van der Waals surface area contributed by atoms with Crippen LogP contribution < -0.4 is 4.74 Å². The summed E-state index contributed by atoms with van der Waals surface area (Å²) in [6.07, 6.45) is 8.26. The standard InChI is InChI=1S/C29H32N4O4/c1-20-17-33(21(2)19-34)29(36)25-15-23(10-9-22-7-5-4-6-8-22)16-31-27(25)37-26(20)18-32(3)28(35)24-11-13-30-14-12-24/h4-16,20-21,26,34H,17-19H2,1-3H3/b10-9+/t20-,21+,26+/m0/s1. The lowest BCUT2D eigenvalue weighted by molar-refractivity contribution is 0.0313. The first-order valence-electron chi connectivity index (χ1n) is 12.3. The van der Waals surface area contributed by atoms with Crippen molar-refractivity contribution in [1.82, 2.24) is 19.8 Å². The van der Waals surface area contributed by atoms with E-state index in [1.54, 1.807) is 53.6 Å². The van der Waals surface area contributed by atoms with E-state index in [0.717, 1.165) is 11.1 Å². The fourth-order valence-electron chi connectivity index (χ4n) is 4.25. The molecule has 0 fully saturated rings. The van der Waals surface area contributed by atoms with Crippen LogP contribution in [0.5, 0.6) is 5.88 Å². The lowest BCUT2D eigenvalue weighted by atomic mass is 9.99. The number of amides is 2. The number of aliphatic hydroxyl groups excluding tert-OH is 1. The number of hydrogen-bond donors (Lipinski definition) is 1. The third-order valence-corrected chi connectivity index (χ3v) is 6.54. The van der Waals surface area contributed by atoms with Crippen molar-refractivity contribution in [3.63, 3.8) is 0 Å². The van der Waals surface area contributed by atoms with Crippen LogP contribution in [0.15, 0.2) is 67.1 Å². The maximum absolute atomic E-state index is 13.6. The zero-order valence-electron chi connectivity index (χ0n) is 21.3. The minimum absolute atomic E-state index is 0.127. The molecule has 2 aromatic heterocycles. The van der Waals surface area contributed by atoms with Crippen molar-refractivity contribution in [3.05, 3.63) is 89.4 Å². The molecule has 0 bridgehead atoms. The highest BCUT2D eigenvalue weighted by molar-refractivity contribution is 5.97. The highest BCUT2D eigenvalue weighted by Crippen LogP contribution is 2.28. The first-order valence-corrected chi connectivity index (χ1v) is 12.3. The number of nitrogens with zero attached hydrogens (tertiary/aromatic N) is 4. The molecule has 2 amide bonds. The van der Waals surface area contributed by atoms with Gasteiger partial charge in [0, 0.05) is 43.7 Å². The molecule has 0 radical (unpaired) electrons. The second-order valence-electron chi connectivity index (χ2n) is 9.41. The fourth-order valence-corrected chi connectivity index (χ4v) is 4.25. The Morgan fingerprint density at radius 1 is 1.19 bits per heavy atom. The van der Waals surface area contributed by atoms with Crippen LogP contribution in [-0.2, 0) is 0 Å². The van der Waals surface area contributed by atoms with E-state index in [9.17, 15) is 14.7 Å². The van der Waals surface area contributed by atoms with E-state index in [-0.39, 0.29) is 36.3 Å². The first kappa shape index (κ1) is 26.0. The zero-order chi connectivity index (χ0) is 26.4. The third-order valence-electron chi connectivity index (χ3n) is 6.54. The highest BCUT2D eigenvalue weighted by Gasteiger charge is 2.34. The van der Waals surface area contributed by atoms with E-state index < -0.39 is 6.10 Å². The van der Waals surface area contributed by atoms with Crippen LogP contribution in [0.1, 0.15) is 45.7 Å². The number of carbonyl (C=O) groups excluding carboxylic acids is 2. The van der Waals surface area contributed by atoms with Crippen LogP contribution in [0.4, 0.5) is 0 Å². The molecule has 1 aromatic carbocycles. The lowest BCUT2D eigenvalue weighted by Crippen LogP contribution is -2.50. The predicted molar refractivity (Wildman–Crippen MR) is 142 cm³/mol. The summed E-state index contributed by atoms with van der Waals surface area (Å²) in [4.78, 5) is 38.3. The van der Waals surface area contributed by atoms with Crippen molar-refractivity contribution >= 4 is 24.0 Å². The molecule has 0 saturated heterocycles. The molecular formula is C29H32N4O4. The molecule has 1 aliphatic rings. The summed E-state index contributed by atoms with van der Waals surface area (Å²) in [5.41, 5.74) is 2.65. The molecule has 8 nitrogen and oxygen atoms in total. The summed E-state index contributed by atoms with van der Waals surface area (Å²) in [5, 5.41) is 9.87.